The maximum absolute atomic E-state index is 12.4. The minimum Gasteiger partial charge on any atom is -0.472 e. The van der Waals surface area contributed by atoms with Gasteiger partial charge in [0.05, 0.1) is 18.4 Å². The van der Waals surface area contributed by atoms with E-state index < -0.39 is 0 Å². The fourth-order valence-electron chi connectivity index (χ4n) is 3.95. The molecule has 2 aliphatic rings. The normalized spacial score (nSPS) is 24.0. The van der Waals surface area contributed by atoms with Crippen LogP contribution >= 0.6 is 0 Å². The molecule has 1 aromatic heterocycles. The zero-order valence-electron chi connectivity index (χ0n) is 13.2. The van der Waals surface area contributed by atoms with Gasteiger partial charge in [-0.15, -0.1) is 0 Å². The smallest absolute Gasteiger partial charge is 0.228 e. The van der Waals surface area contributed by atoms with Crippen LogP contribution in [0.5, 0.6) is 0 Å². The highest BCUT2D eigenvalue weighted by molar-refractivity contribution is 5.87. The van der Waals surface area contributed by atoms with E-state index in [1.807, 2.05) is 30.5 Å². The first-order valence-electron chi connectivity index (χ1n) is 8.35. The van der Waals surface area contributed by atoms with Gasteiger partial charge in [-0.3, -0.25) is 9.69 Å². The highest BCUT2D eigenvalue weighted by Crippen LogP contribution is 2.39. The molecule has 23 heavy (non-hydrogen) atoms. The topological polar surface area (TPSA) is 45.5 Å². The van der Waals surface area contributed by atoms with Gasteiger partial charge in [-0.25, -0.2) is 0 Å². The standard InChI is InChI=1S/C19H22N2O2/c22-18-17(16-4-2-1-3-5-16)12-19(20-18)7-9-21(10-8-19)13-15-6-11-23-14-15/h1-6,11,14,17H,7-10,12-13H2,(H,20,22). The number of hydrogen-bond donors (Lipinski definition) is 1. The third kappa shape index (κ3) is 2.91. The van der Waals surface area contributed by atoms with Gasteiger partial charge in [0.15, 0.2) is 0 Å². The van der Waals surface area contributed by atoms with Crippen molar-refractivity contribution in [3.63, 3.8) is 0 Å². The Morgan fingerprint density at radius 1 is 1.17 bits per heavy atom. The summed E-state index contributed by atoms with van der Waals surface area (Å²) in [7, 11) is 0. The minimum absolute atomic E-state index is 0.00944. The maximum Gasteiger partial charge on any atom is 0.228 e. The minimum atomic E-state index is -0.00944. The van der Waals surface area contributed by atoms with Crippen LogP contribution in [0.3, 0.4) is 0 Å². The van der Waals surface area contributed by atoms with Crippen LogP contribution in [-0.4, -0.2) is 29.4 Å². The lowest BCUT2D eigenvalue weighted by Gasteiger charge is -2.39. The summed E-state index contributed by atoms with van der Waals surface area (Å²) >= 11 is 0. The Morgan fingerprint density at radius 2 is 1.96 bits per heavy atom. The van der Waals surface area contributed by atoms with Crippen LogP contribution in [-0.2, 0) is 11.3 Å². The Bertz CT molecular complexity index is 658. The largest absolute Gasteiger partial charge is 0.472 e. The van der Waals surface area contributed by atoms with Crippen molar-refractivity contribution in [2.75, 3.05) is 13.1 Å². The number of carbonyl (C=O) groups is 1. The van der Waals surface area contributed by atoms with Crippen molar-refractivity contribution in [3.05, 3.63) is 60.1 Å². The van der Waals surface area contributed by atoms with Gasteiger partial charge in [-0.2, -0.15) is 0 Å². The van der Waals surface area contributed by atoms with Crippen molar-refractivity contribution >= 4 is 5.91 Å². The van der Waals surface area contributed by atoms with Gasteiger partial charge in [0.25, 0.3) is 0 Å². The summed E-state index contributed by atoms with van der Waals surface area (Å²) in [6.07, 6.45) is 6.52. The number of likely N-dealkylation sites (tertiary alicyclic amines) is 1. The lowest BCUT2D eigenvalue weighted by Crippen LogP contribution is -2.50. The van der Waals surface area contributed by atoms with Gasteiger partial charge in [0.2, 0.25) is 5.91 Å². The molecule has 0 bridgehead atoms. The number of rotatable bonds is 3. The van der Waals surface area contributed by atoms with Crippen LogP contribution in [0.4, 0.5) is 0 Å². The average Bonchev–Trinajstić information content (AvgIpc) is 3.19. The third-order valence-electron chi connectivity index (χ3n) is 5.30. The maximum atomic E-state index is 12.4. The Hall–Kier alpha value is -2.07. The average molecular weight is 310 g/mol. The molecule has 1 aromatic carbocycles. The molecule has 1 atom stereocenters. The molecule has 2 aromatic rings. The number of hydrogen-bond acceptors (Lipinski definition) is 3. The number of carbonyl (C=O) groups excluding carboxylic acids is 1. The summed E-state index contributed by atoms with van der Waals surface area (Å²) in [6.45, 7) is 2.97. The van der Waals surface area contributed by atoms with Crippen LogP contribution in [0.2, 0.25) is 0 Å². The van der Waals surface area contributed by atoms with Crippen LogP contribution < -0.4 is 5.32 Å². The van der Waals surface area contributed by atoms with Gasteiger partial charge in [-0.05, 0) is 30.9 Å². The molecule has 0 saturated carbocycles. The number of piperidine rings is 1. The molecule has 4 heteroatoms. The summed E-state index contributed by atoms with van der Waals surface area (Å²) in [4.78, 5) is 14.9. The molecular weight excluding hydrogens is 288 g/mol. The molecular formula is C19H22N2O2. The molecule has 1 N–H and O–H groups in total. The zero-order valence-corrected chi connectivity index (χ0v) is 13.2. The quantitative estimate of drug-likeness (QED) is 0.948. The molecule has 1 spiro atoms. The van der Waals surface area contributed by atoms with Crippen molar-refractivity contribution in [1.29, 1.82) is 0 Å². The van der Waals surface area contributed by atoms with Crippen molar-refractivity contribution in [2.24, 2.45) is 0 Å². The van der Waals surface area contributed by atoms with Gasteiger partial charge in [-0.1, -0.05) is 30.3 Å². The predicted octanol–water partition coefficient (Wildman–Crippen LogP) is 2.92. The Kier molecular flexibility index (Phi) is 3.69. The molecule has 2 aliphatic heterocycles. The number of nitrogens with one attached hydrogen (secondary N) is 1. The molecule has 120 valence electrons. The van der Waals surface area contributed by atoms with Gasteiger partial charge in [0, 0.05) is 30.7 Å². The second-order valence-corrected chi connectivity index (χ2v) is 6.84. The molecule has 4 rings (SSSR count). The van der Waals surface area contributed by atoms with Crippen molar-refractivity contribution in [3.8, 4) is 0 Å². The Morgan fingerprint density at radius 3 is 2.65 bits per heavy atom. The second kappa shape index (κ2) is 5.85. The molecule has 2 fully saturated rings. The van der Waals surface area contributed by atoms with E-state index in [1.165, 1.54) is 5.56 Å². The SMILES string of the molecule is O=C1NC2(CCN(Cc3ccoc3)CC2)CC1c1ccccc1. The summed E-state index contributed by atoms with van der Waals surface area (Å²) in [5, 5.41) is 3.31. The summed E-state index contributed by atoms with van der Waals surface area (Å²) in [6, 6.07) is 12.2. The van der Waals surface area contributed by atoms with Gasteiger partial charge < -0.3 is 9.73 Å². The number of furan rings is 1. The van der Waals surface area contributed by atoms with Gasteiger partial charge in [0.1, 0.15) is 0 Å². The van der Waals surface area contributed by atoms with Gasteiger partial charge >= 0.3 is 0 Å². The van der Waals surface area contributed by atoms with E-state index in [2.05, 4.69) is 22.3 Å². The second-order valence-electron chi connectivity index (χ2n) is 6.84. The zero-order chi connectivity index (χ0) is 15.7. The molecule has 4 nitrogen and oxygen atoms in total. The van der Waals surface area contributed by atoms with Crippen molar-refractivity contribution in [2.45, 2.75) is 37.3 Å². The van der Waals surface area contributed by atoms with E-state index in [-0.39, 0.29) is 17.4 Å². The first-order chi connectivity index (χ1) is 11.2. The number of benzene rings is 1. The highest BCUT2D eigenvalue weighted by atomic mass is 16.3. The van der Waals surface area contributed by atoms with E-state index >= 15 is 0 Å². The van der Waals surface area contributed by atoms with Crippen LogP contribution in [0.1, 0.15) is 36.3 Å². The number of amides is 1. The molecule has 3 heterocycles. The van der Waals surface area contributed by atoms with E-state index in [9.17, 15) is 4.79 Å². The molecule has 0 radical (unpaired) electrons. The summed E-state index contributed by atoms with van der Waals surface area (Å²) in [5.74, 6) is 0.205. The fraction of sp³-hybridized carbons (Fsp3) is 0.421. The summed E-state index contributed by atoms with van der Waals surface area (Å²) < 4.78 is 5.14. The van der Waals surface area contributed by atoms with Crippen molar-refractivity contribution in [1.82, 2.24) is 10.2 Å². The molecule has 1 amide bonds. The first-order valence-corrected chi connectivity index (χ1v) is 8.35. The van der Waals surface area contributed by atoms with Crippen LogP contribution in [0.15, 0.2) is 53.3 Å². The van der Waals surface area contributed by atoms with E-state index in [0.29, 0.717) is 0 Å². The van der Waals surface area contributed by atoms with E-state index in [0.717, 1.165) is 44.5 Å². The lowest BCUT2D eigenvalue weighted by molar-refractivity contribution is -0.121. The fourth-order valence-corrected chi connectivity index (χ4v) is 3.95. The monoisotopic (exact) mass is 310 g/mol. The highest BCUT2D eigenvalue weighted by Gasteiger charge is 2.45. The Labute approximate surface area is 136 Å². The lowest BCUT2D eigenvalue weighted by atomic mass is 9.82. The third-order valence-corrected chi connectivity index (χ3v) is 5.30. The van der Waals surface area contributed by atoms with E-state index in [1.54, 1.807) is 6.26 Å². The molecule has 2 saturated heterocycles. The molecule has 1 unspecified atom stereocenters. The predicted molar refractivity (Wildman–Crippen MR) is 87.9 cm³/mol. The van der Waals surface area contributed by atoms with E-state index in [4.69, 9.17) is 4.42 Å². The summed E-state index contributed by atoms with van der Waals surface area (Å²) in [5.41, 5.74) is 2.35. The van der Waals surface area contributed by atoms with Crippen LogP contribution in [0, 0.1) is 0 Å². The van der Waals surface area contributed by atoms with Crippen molar-refractivity contribution < 1.29 is 9.21 Å². The Balaban J connectivity index is 1.40. The number of nitrogens with zero attached hydrogens (tertiary/aromatic N) is 1. The van der Waals surface area contributed by atoms with Crippen LogP contribution in [0.25, 0.3) is 0 Å². The molecule has 0 aliphatic carbocycles. The first kappa shape index (κ1) is 14.5.